The summed E-state index contributed by atoms with van der Waals surface area (Å²) in [5, 5.41) is 0. The number of nitrogens with one attached hydrogen (secondary N) is 1. The highest BCUT2D eigenvalue weighted by Gasteiger charge is 2.16. The van der Waals surface area contributed by atoms with Gasteiger partial charge in [0.25, 0.3) is 0 Å². The average Bonchev–Trinajstić information content (AvgIpc) is 2.37. The summed E-state index contributed by atoms with van der Waals surface area (Å²) in [5.74, 6) is -0.966. The summed E-state index contributed by atoms with van der Waals surface area (Å²) in [6, 6.07) is 6.26. The zero-order valence-electron chi connectivity index (χ0n) is 10.5. The molecule has 0 aromatic heterocycles. The third kappa shape index (κ3) is 5.58. The molecule has 1 rings (SSSR count). The van der Waals surface area contributed by atoms with Gasteiger partial charge in [-0.3, -0.25) is 9.52 Å². The fraction of sp³-hybridized carbons (Fsp3) is 0.364. The Morgan fingerprint density at radius 3 is 2.47 bits per heavy atom. The van der Waals surface area contributed by atoms with Crippen molar-refractivity contribution in [3.05, 3.63) is 24.3 Å². The van der Waals surface area contributed by atoms with Gasteiger partial charge in [0, 0.05) is 12.2 Å². The first-order valence-corrected chi connectivity index (χ1v) is 7.12. The monoisotopic (exact) mass is 288 g/mol. The number of ether oxygens (including phenoxy) is 2. The van der Waals surface area contributed by atoms with Crippen molar-refractivity contribution in [1.29, 1.82) is 0 Å². The molecule has 0 amide bonds. The number of esters is 1. The molecule has 0 bridgehead atoms. The van der Waals surface area contributed by atoms with Gasteiger partial charge in [0.15, 0.2) is 5.75 Å². The average molecular weight is 288 g/mol. The predicted molar refractivity (Wildman–Crippen MR) is 70.4 cm³/mol. The van der Waals surface area contributed by atoms with Gasteiger partial charge in [0.2, 0.25) is 10.0 Å². The van der Waals surface area contributed by atoms with Crippen LogP contribution in [0.1, 0.15) is 0 Å². The van der Waals surface area contributed by atoms with E-state index in [1.54, 1.807) is 12.1 Å². The summed E-state index contributed by atoms with van der Waals surface area (Å²) >= 11 is 0. The molecule has 0 heterocycles. The maximum atomic E-state index is 11.6. The van der Waals surface area contributed by atoms with E-state index in [1.807, 2.05) is 0 Å². The van der Waals surface area contributed by atoms with E-state index in [0.717, 1.165) is 7.11 Å². The summed E-state index contributed by atoms with van der Waals surface area (Å²) in [6.45, 7) is 0.779. The van der Waals surface area contributed by atoms with Gasteiger partial charge in [-0.2, -0.15) is 0 Å². The minimum atomic E-state index is -3.76. The van der Waals surface area contributed by atoms with Crippen LogP contribution in [0.25, 0.3) is 0 Å². The molecule has 3 N–H and O–H groups in total. The van der Waals surface area contributed by atoms with E-state index < -0.39 is 21.7 Å². The molecule has 19 heavy (non-hydrogen) atoms. The highest BCUT2D eigenvalue weighted by atomic mass is 32.2. The van der Waals surface area contributed by atoms with E-state index >= 15 is 0 Å². The first-order chi connectivity index (χ1) is 8.96. The molecule has 0 aliphatic rings. The number of benzene rings is 1. The molecule has 7 nitrogen and oxygen atoms in total. The van der Waals surface area contributed by atoms with Gasteiger partial charge in [0.1, 0.15) is 12.4 Å². The Kier molecular flexibility index (Phi) is 5.58. The summed E-state index contributed by atoms with van der Waals surface area (Å²) in [6.07, 6.45) is 0. The van der Waals surface area contributed by atoms with Crippen LogP contribution >= 0.6 is 0 Å². The number of anilines is 1. The molecule has 0 aliphatic heterocycles. The summed E-state index contributed by atoms with van der Waals surface area (Å²) in [5.41, 5.74) is 5.63. The fourth-order valence-corrected chi connectivity index (χ4v) is 2.22. The number of rotatable bonds is 7. The van der Waals surface area contributed by atoms with Gasteiger partial charge in [-0.25, -0.2) is 8.42 Å². The van der Waals surface area contributed by atoms with E-state index in [-0.39, 0.29) is 0 Å². The molecule has 106 valence electrons. The highest BCUT2D eigenvalue weighted by Crippen LogP contribution is 2.16. The van der Waals surface area contributed by atoms with Crippen molar-refractivity contribution < 1.29 is 22.7 Å². The first kappa shape index (κ1) is 15.3. The quantitative estimate of drug-likeness (QED) is 0.680. The zero-order chi connectivity index (χ0) is 14.3. The second kappa shape index (κ2) is 6.95. The highest BCUT2D eigenvalue weighted by molar-refractivity contribution is 7.93. The number of hydrogen-bond donors (Lipinski definition) is 2. The minimum absolute atomic E-state index is 0.337. The lowest BCUT2D eigenvalue weighted by Gasteiger charge is -2.08. The Morgan fingerprint density at radius 2 is 1.95 bits per heavy atom. The maximum Gasteiger partial charge on any atom is 0.322 e. The molecule has 0 spiro atoms. The first-order valence-electron chi connectivity index (χ1n) is 5.47. The fourth-order valence-electron chi connectivity index (χ4n) is 1.23. The van der Waals surface area contributed by atoms with E-state index in [2.05, 4.69) is 9.46 Å². The van der Waals surface area contributed by atoms with Crippen molar-refractivity contribution >= 4 is 21.7 Å². The van der Waals surface area contributed by atoms with Crippen molar-refractivity contribution in [3.63, 3.8) is 0 Å². The number of nitrogens with two attached hydrogens (primary N) is 1. The van der Waals surface area contributed by atoms with Crippen molar-refractivity contribution in [2.75, 3.05) is 30.7 Å². The lowest BCUT2D eigenvalue weighted by Crippen LogP contribution is -2.23. The summed E-state index contributed by atoms with van der Waals surface area (Å²) < 4.78 is 34.9. The van der Waals surface area contributed by atoms with Crippen LogP contribution in [0.5, 0.6) is 5.75 Å². The van der Waals surface area contributed by atoms with Crippen LogP contribution in [0, 0.1) is 0 Å². The number of methoxy groups -OCH3 is 1. The van der Waals surface area contributed by atoms with Gasteiger partial charge < -0.3 is 15.2 Å². The normalized spacial score (nSPS) is 10.8. The van der Waals surface area contributed by atoms with E-state index in [1.165, 1.54) is 12.1 Å². The predicted octanol–water partition coefficient (Wildman–Crippen LogP) is -0.0612. The van der Waals surface area contributed by atoms with Crippen LogP contribution in [-0.4, -0.2) is 40.4 Å². The Morgan fingerprint density at radius 1 is 1.32 bits per heavy atom. The molecule has 8 heteroatoms. The summed E-state index contributed by atoms with van der Waals surface area (Å²) in [7, 11) is -2.63. The van der Waals surface area contributed by atoms with Gasteiger partial charge in [-0.15, -0.1) is 0 Å². The number of sulfonamides is 1. The molecule has 0 saturated heterocycles. The Hall–Kier alpha value is -1.80. The van der Waals surface area contributed by atoms with E-state index in [0.29, 0.717) is 24.6 Å². The van der Waals surface area contributed by atoms with Gasteiger partial charge in [-0.1, -0.05) is 0 Å². The third-order valence-corrected chi connectivity index (χ3v) is 3.21. The number of carbonyl (C=O) groups excluding carboxylic acids is 1. The molecule has 1 aromatic rings. The van der Waals surface area contributed by atoms with Crippen molar-refractivity contribution in [1.82, 2.24) is 0 Å². The van der Waals surface area contributed by atoms with Crippen LogP contribution in [-0.2, 0) is 19.6 Å². The van der Waals surface area contributed by atoms with Crippen LogP contribution in [0.2, 0.25) is 0 Å². The maximum absolute atomic E-state index is 11.6. The zero-order valence-corrected chi connectivity index (χ0v) is 11.3. The molecule has 0 aliphatic carbocycles. The van der Waals surface area contributed by atoms with Crippen molar-refractivity contribution in [2.45, 2.75) is 0 Å². The van der Waals surface area contributed by atoms with Gasteiger partial charge >= 0.3 is 5.97 Å². The van der Waals surface area contributed by atoms with Gasteiger partial charge in [-0.05, 0) is 24.3 Å². The second-order valence-corrected chi connectivity index (χ2v) is 5.32. The van der Waals surface area contributed by atoms with Gasteiger partial charge in [0.05, 0.1) is 7.11 Å². The molecule has 0 radical (unpaired) electrons. The Balaban J connectivity index is 2.64. The second-order valence-electron chi connectivity index (χ2n) is 3.60. The van der Waals surface area contributed by atoms with Crippen LogP contribution < -0.4 is 15.2 Å². The number of hydrogen-bond acceptors (Lipinski definition) is 6. The summed E-state index contributed by atoms with van der Waals surface area (Å²) in [4.78, 5) is 10.9. The third-order valence-electron chi connectivity index (χ3n) is 2.05. The van der Waals surface area contributed by atoms with Crippen LogP contribution in [0.4, 0.5) is 5.69 Å². The molecular formula is C11H16N2O5S. The number of carbonyl (C=O) groups is 1. The van der Waals surface area contributed by atoms with E-state index in [4.69, 9.17) is 10.5 Å². The lowest BCUT2D eigenvalue weighted by molar-refractivity contribution is -0.137. The Labute approximate surface area is 111 Å². The molecule has 0 unspecified atom stereocenters. The largest absolute Gasteiger partial charge is 0.492 e. The lowest BCUT2D eigenvalue weighted by atomic mass is 10.3. The standard InChI is InChI=1S/C11H16N2O5S/c1-17-11(14)8-19(15,16)13-9-2-4-10(5-3-9)18-7-6-12/h2-5,13H,6-8,12H2,1H3. The SMILES string of the molecule is COC(=O)CS(=O)(=O)Nc1ccc(OCCN)cc1. The smallest absolute Gasteiger partial charge is 0.322 e. The van der Waals surface area contributed by atoms with E-state index in [9.17, 15) is 13.2 Å². The molecule has 1 aromatic carbocycles. The van der Waals surface area contributed by atoms with Crippen LogP contribution in [0.15, 0.2) is 24.3 Å². The molecule has 0 atom stereocenters. The molecular weight excluding hydrogens is 272 g/mol. The van der Waals surface area contributed by atoms with Crippen molar-refractivity contribution in [3.8, 4) is 5.75 Å². The molecule has 0 fully saturated rings. The topological polar surface area (TPSA) is 108 Å². The minimum Gasteiger partial charge on any atom is -0.492 e. The van der Waals surface area contributed by atoms with Crippen molar-refractivity contribution in [2.24, 2.45) is 5.73 Å². The van der Waals surface area contributed by atoms with Crippen LogP contribution in [0.3, 0.4) is 0 Å². The molecule has 0 saturated carbocycles. The Bertz CT molecular complexity index is 512.